The van der Waals surface area contributed by atoms with Crippen LogP contribution in [0.2, 0.25) is 0 Å². The minimum atomic E-state index is -0.621. The largest absolute Gasteiger partial charge is 0.339 e. The molecule has 0 aromatic heterocycles. The Hall–Kier alpha value is -1.45. The molecule has 0 spiro atoms. The number of benzene rings is 1. The van der Waals surface area contributed by atoms with Gasteiger partial charge >= 0.3 is 0 Å². The van der Waals surface area contributed by atoms with Crippen LogP contribution in [0.3, 0.4) is 0 Å². The molecule has 2 nitrogen and oxygen atoms in total. The lowest BCUT2D eigenvalue weighted by Crippen LogP contribution is -2.36. The first kappa shape index (κ1) is 13.0. The molecule has 0 saturated carbocycles. The third-order valence-electron chi connectivity index (χ3n) is 3.39. The lowest BCUT2D eigenvalue weighted by Gasteiger charge is -2.27. The van der Waals surface area contributed by atoms with Crippen molar-refractivity contribution in [1.82, 2.24) is 4.90 Å². The molecule has 0 unspecified atom stereocenters. The van der Waals surface area contributed by atoms with Gasteiger partial charge in [0, 0.05) is 13.1 Å². The Morgan fingerprint density at radius 2 is 1.83 bits per heavy atom. The molecule has 0 aliphatic carbocycles. The van der Waals surface area contributed by atoms with Gasteiger partial charge in [0.05, 0.1) is 5.56 Å². The van der Waals surface area contributed by atoms with E-state index in [9.17, 15) is 13.6 Å². The van der Waals surface area contributed by atoms with Gasteiger partial charge in [0.2, 0.25) is 0 Å². The van der Waals surface area contributed by atoms with E-state index in [1.54, 1.807) is 11.8 Å². The number of hydrogen-bond acceptors (Lipinski definition) is 1. The van der Waals surface area contributed by atoms with Gasteiger partial charge in [-0.15, -0.1) is 0 Å². The second kappa shape index (κ2) is 5.46. The summed E-state index contributed by atoms with van der Waals surface area (Å²) in [4.78, 5) is 13.7. The third kappa shape index (κ3) is 2.52. The van der Waals surface area contributed by atoms with Crippen molar-refractivity contribution in [3.05, 3.63) is 34.9 Å². The molecule has 0 atom stereocenters. The van der Waals surface area contributed by atoms with Gasteiger partial charge in [-0.05, 0) is 43.4 Å². The SMILES string of the molecule is CCc1cc(F)c(C(=O)N2CCCCC2)cc1F. The number of hydrogen-bond donors (Lipinski definition) is 0. The smallest absolute Gasteiger partial charge is 0.256 e. The topological polar surface area (TPSA) is 20.3 Å². The van der Waals surface area contributed by atoms with Crippen molar-refractivity contribution < 1.29 is 13.6 Å². The summed E-state index contributed by atoms with van der Waals surface area (Å²) in [7, 11) is 0. The summed E-state index contributed by atoms with van der Waals surface area (Å²) in [6.45, 7) is 3.02. The van der Waals surface area contributed by atoms with Gasteiger partial charge in [0.15, 0.2) is 0 Å². The molecule has 1 aromatic rings. The quantitative estimate of drug-likeness (QED) is 0.792. The molecule has 98 valence electrons. The maximum absolute atomic E-state index is 13.8. The van der Waals surface area contributed by atoms with Crippen molar-refractivity contribution >= 4 is 5.91 Å². The van der Waals surface area contributed by atoms with Crippen LogP contribution in [0.4, 0.5) is 8.78 Å². The zero-order chi connectivity index (χ0) is 13.1. The van der Waals surface area contributed by atoms with Crippen LogP contribution >= 0.6 is 0 Å². The van der Waals surface area contributed by atoms with E-state index in [-0.39, 0.29) is 5.56 Å². The first-order valence-electron chi connectivity index (χ1n) is 6.40. The predicted octanol–water partition coefficient (Wildman–Crippen LogP) is 3.15. The number of piperidine rings is 1. The molecule has 1 saturated heterocycles. The van der Waals surface area contributed by atoms with Crippen LogP contribution in [-0.2, 0) is 6.42 Å². The Bertz CT molecular complexity index is 453. The van der Waals surface area contributed by atoms with Crippen molar-refractivity contribution in [1.29, 1.82) is 0 Å². The van der Waals surface area contributed by atoms with E-state index in [2.05, 4.69) is 0 Å². The number of rotatable bonds is 2. The molecule has 1 amide bonds. The van der Waals surface area contributed by atoms with Crippen LogP contribution < -0.4 is 0 Å². The van der Waals surface area contributed by atoms with Crippen molar-refractivity contribution in [2.24, 2.45) is 0 Å². The van der Waals surface area contributed by atoms with E-state index in [1.165, 1.54) is 0 Å². The Kier molecular flexibility index (Phi) is 3.94. The van der Waals surface area contributed by atoms with Gasteiger partial charge in [-0.25, -0.2) is 8.78 Å². The van der Waals surface area contributed by atoms with Crippen LogP contribution in [0.1, 0.15) is 42.1 Å². The number of likely N-dealkylation sites (tertiary alicyclic amines) is 1. The summed E-state index contributed by atoms with van der Waals surface area (Å²) < 4.78 is 27.4. The molecule has 1 heterocycles. The summed E-state index contributed by atoms with van der Waals surface area (Å²) in [5.74, 6) is -1.52. The fourth-order valence-electron chi connectivity index (χ4n) is 2.29. The summed E-state index contributed by atoms with van der Waals surface area (Å²) in [6.07, 6.45) is 3.38. The number of nitrogens with zero attached hydrogens (tertiary/aromatic N) is 1. The van der Waals surface area contributed by atoms with Gasteiger partial charge < -0.3 is 4.90 Å². The molecular formula is C14H17F2NO. The first-order valence-corrected chi connectivity index (χ1v) is 6.40. The number of halogens is 2. The van der Waals surface area contributed by atoms with Gasteiger partial charge in [0.1, 0.15) is 11.6 Å². The third-order valence-corrected chi connectivity index (χ3v) is 3.39. The van der Waals surface area contributed by atoms with Crippen LogP contribution in [0.5, 0.6) is 0 Å². The lowest BCUT2D eigenvalue weighted by atomic mass is 10.1. The standard InChI is InChI=1S/C14H17F2NO/c1-2-10-8-13(16)11(9-12(10)15)14(18)17-6-4-3-5-7-17/h8-9H,2-7H2,1H3. The van der Waals surface area contributed by atoms with E-state index in [0.29, 0.717) is 25.1 Å². The van der Waals surface area contributed by atoms with Crippen LogP contribution in [-0.4, -0.2) is 23.9 Å². The Morgan fingerprint density at radius 3 is 2.44 bits per heavy atom. The Balaban J connectivity index is 2.27. The predicted molar refractivity (Wildman–Crippen MR) is 65.5 cm³/mol. The van der Waals surface area contributed by atoms with Gasteiger partial charge in [-0.2, -0.15) is 0 Å². The summed E-state index contributed by atoms with van der Waals surface area (Å²) >= 11 is 0. The van der Waals surface area contributed by atoms with E-state index >= 15 is 0 Å². The van der Waals surface area contributed by atoms with Crippen molar-refractivity contribution in [3.8, 4) is 0 Å². The fraction of sp³-hybridized carbons (Fsp3) is 0.500. The second-order valence-electron chi connectivity index (χ2n) is 4.63. The Morgan fingerprint density at radius 1 is 1.17 bits per heavy atom. The highest BCUT2D eigenvalue weighted by atomic mass is 19.1. The minimum Gasteiger partial charge on any atom is -0.339 e. The average Bonchev–Trinajstić information content (AvgIpc) is 2.41. The van der Waals surface area contributed by atoms with Gasteiger partial charge in [0.25, 0.3) is 5.91 Å². The molecule has 1 aliphatic heterocycles. The molecule has 18 heavy (non-hydrogen) atoms. The van der Waals surface area contributed by atoms with E-state index < -0.39 is 17.5 Å². The summed E-state index contributed by atoms with van der Waals surface area (Å²) in [5.41, 5.74) is 0.161. The molecule has 0 bridgehead atoms. The first-order chi connectivity index (χ1) is 8.63. The second-order valence-corrected chi connectivity index (χ2v) is 4.63. The molecule has 2 rings (SSSR count). The zero-order valence-electron chi connectivity index (χ0n) is 10.5. The van der Waals surface area contributed by atoms with E-state index in [1.807, 2.05) is 0 Å². The van der Waals surface area contributed by atoms with Crippen molar-refractivity contribution in [2.75, 3.05) is 13.1 Å². The summed E-state index contributed by atoms with van der Waals surface area (Å²) in [6, 6.07) is 2.16. The van der Waals surface area contributed by atoms with Gasteiger partial charge in [-0.3, -0.25) is 4.79 Å². The molecule has 0 N–H and O–H groups in total. The van der Waals surface area contributed by atoms with Gasteiger partial charge in [-0.1, -0.05) is 6.92 Å². The molecule has 1 fully saturated rings. The van der Waals surface area contributed by atoms with Crippen LogP contribution in [0.25, 0.3) is 0 Å². The molecular weight excluding hydrogens is 236 g/mol. The van der Waals surface area contributed by atoms with Crippen LogP contribution in [0, 0.1) is 11.6 Å². The highest BCUT2D eigenvalue weighted by molar-refractivity contribution is 5.94. The molecule has 1 aromatic carbocycles. The highest BCUT2D eigenvalue weighted by Crippen LogP contribution is 2.19. The fourth-order valence-corrected chi connectivity index (χ4v) is 2.29. The number of amides is 1. The maximum Gasteiger partial charge on any atom is 0.256 e. The normalized spacial score (nSPS) is 15.8. The maximum atomic E-state index is 13.8. The van der Waals surface area contributed by atoms with Crippen LogP contribution in [0.15, 0.2) is 12.1 Å². The summed E-state index contributed by atoms with van der Waals surface area (Å²) in [5, 5.41) is 0. The van der Waals surface area contributed by atoms with Crippen molar-refractivity contribution in [3.63, 3.8) is 0 Å². The van der Waals surface area contributed by atoms with Crippen molar-refractivity contribution in [2.45, 2.75) is 32.6 Å². The minimum absolute atomic E-state index is 0.147. The number of aryl methyl sites for hydroxylation is 1. The average molecular weight is 253 g/mol. The zero-order valence-corrected chi connectivity index (χ0v) is 10.5. The van der Waals surface area contributed by atoms with E-state index in [4.69, 9.17) is 0 Å². The molecule has 0 radical (unpaired) electrons. The Labute approximate surface area is 106 Å². The highest BCUT2D eigenvalue weighted by Gasteiger charge is 2.22. The molecule has 4 heteroatoms. The number of carbonyl (C=O) groups excluding carboxylic acids is 1. The lowest BCUT2D eigenvalue weighted by molar-refractivity contribution is 0.0719. The van der Waals surface area contributed by atoms with E-state index in [0.717, 1.165) is 31.4 Å². The monoisotopic (exact) mass is 253 g/mol. The number of carbonyl (C=O) groups is 1. The molecule has 1 aliphatic rings.